The van der Waals surface area contributed by atoms with E-state index in [0.29, 0.717) is 11.8 Å². The van der Waals surface area contributed by atoms with Gasteiger partial charge < -0.3 is 10.1 Å². The van der Waals surface area contributed by atoms with Crippen molar-refractivity contribution in [2.45, 2.75) is 6.92 Å². The van der Waals surface area contributed by atoms with Crippen LogP contribution in [0.4, 0.5) is 5.69 Å². The fourth-order valence-electron chi connectivity index (χ4n) is 0.995. The minimum atomic E-state index is 0.523. The molecule has 1 heterocycles. The minimum absolute atomic E-state index is 0.523. The van der Waals surface area contributed by atoms with Crippen molar-refractivity contribution in [1.29, 1.82) is 0 Å². The Kier molecular flexibility index (Phi) is 3.99. The molecule has 72 valence electrons. The number of nitrogens with zero attached hydrogens (tertiary/aromatic N) is 1. The molecular weight excluding hydrogens is 188 g/mol. The fourth-order valence-corrected chi connectivity index (χ4v) is 1.21. The highest BCUT2D eigenvalue weighted by Crippen LogP contribution is 2.16. The van der Waals surface area contributed by atoms with Gasteiger partial charge in [0.1, 0.15) is 5.15 Å². The lowest BCUT2D eigenvalue weighted by atomic mass is 10.2. The molecule has 1 N–H and O–H groups in total. The summed E-state index contributed by atoms with van der Waals surface area (Å²) < 4.78 is 4.92. The third-order valence-corrected chi connectivity index (χ3v) is 1.91. The van der Waals surface area contributed by atoms with Crippen molar-refractivity contribution < 1.29 is 4.74 Å². The molecule has 0 radical (unpaired) electrons. The van der Waals surface area contributed by atoms with Gasteiger partial charge in [0, 0.05) is 13.7 Å². The van der Waals surface area contributed by atoms with E-state index in [0.717, 1.165) is 17.8 Å². The first-order valence-corrected chi connectivity index (χ1v) is 4.47. The van der Waals surface area contributed by atoms with E-state index < -0.39 is 0 Å². The third-order valence-electron chi connectivity index (χ3n) is 1.70. The maximum absolute atomic E-state index is 5.71. The standard InChI is InChI=1S/C9H13ClN2O/c1-7-5-9(10)12-6-8(7)11-3-4-13-2/h5-6,11H,3-4H2,1-2H3. The van der Waals surface area contributed by atoms with Crippen molar-refractivity contribution in [3.63, 3.8) is 0 Å². The van der Waals surface area contributed by atoms with Crippen LogP contribution in [-0.2, 0) is 4.74 Å². The van der Waals surface area contributed by atoms with Crippen molar-refractivity contribution in [3.05, 3.63) is 23.0 Å². The molecule has 0 amide bonds. The van der Waals surface area contributed by atoms with E-state index in [1.807, 2.05) is 13.0 Å². The predicted molar refractivity (Wildman–Crippen MR) is 54.3 cm³/mol. The van der Waals surface area contributed by atoms with Crippen LogP contribution in [0.25, 0.3) is 0 Å². The Labute approximate surface area is 83.1 Å². The molecule has 4 heteroatoms. The van der Waals surface area contributed by atoms with Gasteiger partial charge in [-0.2, -0.15) is 0 Å². The van der Waals surface area contributed by atoms with Crippen LogP contribution in [0.3, 0.4) is 0 Å². The second-order valence-corrected chi connectivity index (χ2v) is 3.13. The summed E-state index contributed by atoms with van der Waals surface area (Å²) in [7, 11) is 1.68. The molecule has 1 aromatic heterocycles. The van der Waals surface area contributed by atoms with E-state index in [2.05, 4.69) is 10.3 Å². The molecule has 0 bridgehead atoms. The third kappa shape index (κ3) is 3.20. The topological polar surface area (TPSA) is 34.1 Å². The first-order chi connectivity index (χ1) is 6.24. The maximum Gasteiger partial charge on any atom is 0.129 e. The molecule has 0 aliphatic carbocycles. The molecule has 0 aliphatic heterocycles. The van der Waals surface area contributed by atoms with Crippen LogP contribution in [0.15, 0.2) is 12.3 Å². The van der Waals surface area contributed by atoms with Crippen LogP contribution in [0.2, 0.25) is 5.15 Å². The fraction of sp³-hybridized carbons (Fsp3) is 0.444. The summed E-state index contributed by atoms with van der Waals surface area (Å²) in [5, 5.41) is 3.72. The summed E-state index contributed by atoms with van der Waals surface area (Å²) in [4.78, 5) is 3.98. The Hall–Kier alpha value is -0.800. The van der Waals surface area contributed by atoms with Gasteiger partial charge in [-0.3, -0.25) is 0 Å². The Bertz CT molecular complexity index is 278. The number of hydrogen-bond donors (Lipinski definition) is 1. The number of hydrogen-bond acceptors (Lipinski definition) is 3. The van der Waals surface area contributed by atoms with Crippen molar-refractivity contribution in [3.8, 4) is 0 Å². The zero-order valence-corrected chi connectivity index (χ0v) is 8.56. The Morgan fingerprint density at radius 2 is 2.38 bits per heavy atom. The van der Waals surface area contributed by atoms with Crippen molar-refractivity contribution in [2.24, 2.45) is 0 Å². The second-order valence-electron chi connectivity index (χ2n) is 2.74. The highest BCUT2D eigenvalue weighted by molar-refractivity contribution is 6.29. The van der Waals surface area contributed by atoms with E-state index in [1.165, 1.54) is 0 Å². The molecule has 13 heavy (non-hydrogen) atoms. The highest BCUT2D eigenvalue weighted by atomic mass is 35.5. The van der Waals surface area contributed by atoms with Gasteiger partial charge in [-0.25, -0.2) is 4.98 Å². The molecule has 0 atom stereocenters. The van der Waals surface area contributed by atoms with Crippen LogP contribution in [0.1, 0.15) is 5.56 Å². The molecule has 0 aliphatic rings. The molecule has 0 spiro atoms. The number of nitrogens with one attached hydrogen (secondary N) is 1. The molecule has 0 unspecified atom stereocenters. The summed E-state index contributed by atoms with van der Waals surface area (Å²) >= 11 is 5.71. The predicted octanol–water partition coefficient (Wildman–Crippen LogP) is 2.10. The molecule has 0 fully saturated rings. The normalized spacial score (nSPS) is 10.1. The number of rotatable bonds is 4. The average Bonchev–Trinajstić information content (AvgIpc) is 2.09. The number of methoxy groups -OCH3 is 1. The zero-order chi connectivity index (χ0) is 9.68. The number of ether oxygens (including phenoxy) is 1. The van der Waals surface area contributed by atoms with Gasteiger partial charge in [-0.15, -0.1) is 0 Å². The molecule has 1 aromatic rings. The Balaban J connectivity index is 2.56. The van der Waals surface area contributed by atoms with Gasteiger partial charge in [0.25, 0.3) is 0 Å². The van der Waals surface area contributed by atoms with Gasteiger partial charge in [0.15, 0.2) is 0 Å². The van der Waals surface area contributed by atoms with Crippen LogP contribution in [0, 0.1) is 6.92 Å². The largest absolute Gasteiger partial charge is 0.383 e. The lowest BCUT2D eigenvalue weighted by Crippen LogP contribution is -2.08. The number of halogens is 1. The monoisotopic (exact) mass is 200 g/mol. The molecule has 1 rings (SSSR count). The van der Waals surface area contributed by atoms with Gasteiger partial charge >= 0.3 is 0 Å². The van der Waals surface area contributed by atoms with Gasteiger partial charge in [-0.1, -0.05) is 11.6 Å². The van der Waals surface area contributed by atoms with Gasteiger partial charge in [0.2, 0.25) is 0 Å². The molecular formula is C9H13ClN2O. The molecule has 0 saturated carbocycles. The first-order valence-electron chi connectivity index (χ1n) is 4.09. The second kappa shape index (κ2) is 5.04. The van der Waals surface area contributed by atoms with Crippen LogP contribution >= 0.6 is 11.6 Å². The quantitative estimate of drug-likeness (QED) is 0.597. The summed E-state index contributed by atoms with van der Waals surface area (Å²) in [5.41, 5.74) is 2.09. The zero-order valence-electron chi connectivity index (χ0n) is 7.80. The van der Waals surface area contributed by atoms with E-state index >= 15 is 0 Å². The van der Waals surface area contributed by atoms with E-state index in [-0.39, 0.29) is 0 Å². The SMILES string of the molecule is COCCNc1cnc(Cl)cc1C. The Morgan fingerprint density at radius 1 is 1.62 bits per heavy atom. The lowest BCUT2D eigenvalue weighted by Gasteiger charge is -2.07. The average molecular weight is 201 g/mol. The smallest absolute Gasteiger partial charge is 0.129 e. The van der Waals surface area contributed by atoms with E-state index in [9.17, 15) is 0 Å². The minimum Gasteiger partial charge on any atom is -0.383 e. The number of anilines is 1. The van der Waals surface area contributed by atoms with Crippen LogP contribution < -0.4 is 5.32 Å². The Morgan fingerprint density at radius 3 is 3.00 bits per heavy atom. The van der Waals surface area contributed by atoms with Crippen molar-refractivity contribution in [2.75, 3.05) is 25.6 Å². The van der Waals surface area contributed by atoms with E-state index in [1.54, 1.807) is 13.3 Å². The molecule has 0 saturated heterocycles. The van der Waals surface area contributed by atoms with Crippen LogP contribution in [-0.4, -0.2) is 25.2 Å². The maximum atomic E-state index is 5.71. The highest BCUT2D eigenvalue weighted by Gasteiger charge is 1.98. The van der Waals surface area contributed by atoms with Gasteiger partial charge in [-0.05, 0) is 18.6 Å². The number of pyridine rings is 1. The van der Waals surface area contributed by atoms with Crippen LogP contribution in [0.5, 0.6) is 0 Å². The lowest BCUT2D eigenvalue weighted by molar-refractivity contribution is 0.211. The molecule has 0 aromatic carbocycles. The van der Waals surface area contributed by atoms with Crippen molar-refractivity contribution >= 4 is 17.3 Å². The van der Waals surface area contributed by atoms with E-state index in [4.69, 9.17) is 16.3 Å². The summed E-state index contributed by atoms with van der Waals surface area (Å²) in [6.07, 6.45) is 1.73. The first kappa shape index (κ1) is 10.3. The number of aryl methyl sites for hydroxylation is 1. The summed E-state index contributed by atoms with van der Waals surface area (Å²) in [6.45, 7) is 3.45. The summed E-state index contributed by atoms with van der Waals surface area (Å²) in [6, 6.07) is 1.83. The van der Waals surface area contributed by atoms with Crippen molar-refractivity contribution in [1.82, 2.24) is 4.98 Å². The molecule has 3 nitrogen and oxygen atoms in total. The summed E-state index contributed by atoms with van der Waals surface area (Å²) in [5.74, 6) is 0. The van der Waals surface area contributed by atoms with Gasteiger partial charge in [0.05, 0.1) is 18.5 Å². The number of aromatic nitrogens is 1.